The van der Waals surface area contributed by atoms with Crippen LogP contribution < -0.4 is 11.0 Å². The fraction of sp³-hybridized carbons (Fsp3) is 0.583. The summed E-state index contributed by atoms with van der Waals surface area (Å²) in [6.45, 7) is 5.87. The number of carbonyl (C=O) groups is 1. The second-order valence-electron chi connectivity index (χ2n) is 5.24. The molecule has 0 saturated carbocycles. The molecule has 0 radical (unpaired) electrons. The second kappa shape index (κ2) is 6.33. The monoisotopic (exact) mass is 294 g/mol. The third kappa shape index (κ3) is 4.26. The Bertz CT molecular complexity index is 656. The number of nitrogens with zero attached hydrogens (tertiary/aromatic N) is 3. The Morgan fingerprint density at radius 3 is 2.76 bits per heavy atom. The van der Waals surface area contributed by atoms with Crippen LogP contribution in [-0.2, 0) is 17.6 Å². The number of H-pyrrole nitrogens is 2. The van der Waals surface area contributed by atoms with Crippen molar-refractivity contribution in [2.24, 2.45) is 5.92 Å². The Hall–Kier alpha value is -2.45. The molecule has 21 heavy (non-hydrogen) atoms. The van der Waals surface area contributed by atoms with Crippen molar-refractivity contribution in [3.05, 3.63) is 28.0 Å². The van der Waals surface area contributed by atoms with Gasteiger partial charge in [0.25, 0.3) is 0 Å². The van der Waals surface area contributed by atoms with Gasteiger partial charge in [-0.2, -0.15) is 10.1 Å². The standard InChI is InChI=1S/C12H18N6O3/c1-6(2)4-9-14-11(21-18-9)7(3)13-10(19)5-8-15-12(20)17-16-8/h6-7H,4-5H2,1-3H3,(H,13,19)(H2,15,16,17,20)/t7-/m1/s1. The lowest BCUT2D eigenvalue weighted by molar-refractivity contribution is -0.121. The van der Waals surface area contributed by atoms with Crippen molar-refractivity contribution in [3.8, 4) is 0 Å². The maximum atomic E-state index is 11.8. The normalized spacial score (nSPS) is 12.6. The average Bonchev–Trinajstić information content (AvgIpc) is 2.98. The van der Waals surface area contributed by atoms with E-state index in [4.69, 9.17) is 4.52 Å². The molecule has 0 saturated heterocycles. The first kappa shape index (κ1) is 14.9. The molecule has 0 fully saturated rings. The molecule has 0 aliphatic rings. The van der Waals surface area contributed by atoms with Crippen LogP contribution in [0.2, 0.25) is 0 Å². The number of hydrogen-bond donors (Lipinski definition) is 3. The molecule has 1 atom stereocenters. The summed E-state index contributed by atoms with van der Waals surface area (Å²) >= 11 is 0. The van der Waals surface area contributed by atoms with Crippen molar-refractivity contribution in [2.45, 2.75) is 39.7 Å². The number of aromatic nitrogens is 5. The number of aromatic amines is 2. The predicted molar refractivity (Wildman–Crippen MR) is 72.3 cm³/mol. The highest BCUT2D eigenvalue weighted by molar-refractivity contribution is 5.77. The molecule has 2 rings (SSSR count). The fourth-order valence-electron chi connectivity index (χ4n) is 1.79. The van der Waals surface area contributed by atoms with Gasteiger partial charge in [0.05, 0.1) is 6.42 Å². The summed E-state index contributed by atoms with van der Waals surface area (Å²) in [5, 5.41) is 12.4. The van der Waals surface area contributed by atoms with E-state index in [-0.39, 0.29) is 18.2 Å². The number of hydrogen-bond acceptors (Lipinski definition) is 6. The van der Waals surface area contributed by atoms with Gasteiger partial charge in [-0.25, -0.2) is 9.89 Å². The summed E-state index contributed by atoms with van der Waals surface area (Å²) in [5.74, 6) is 1.38. The van der Waals surface area contributed by atoms with Gasteiger partial charge in [-0.15, -0.1) is 0 Å². The Morgan fingerprint density at radius 1 is 1.38 bits per heavy atom. The molecule has 2 aromatic rings. The van der Waals surface area contributed by atoms with Crippen molar-refractivity contribution in [1.29, 1.82) is 0 Å². The zero-order valence-corrected chi connectivity index (χ0v) is 12.1. The summed E-state index contributed by atoms with van der Waals surface area (Å²) in [6.07, 6.45) is 0.689. The minimum Gasteiger partial charge on any atom is -0.344 e. The quantitative estimate of drug-likeness (QED) is 0.692. The van der Waals surface area contributed by atoms with Gasteiger partial charge in [0.2, 0.25) is 11.8 Å². The van der Waals surface area contributed by atoms with Crippen LogP contribution in [0.1, 0.15) is 44.4 Å². The van der Waals surface area contributed by atoms with Crippen LogP contribution in [0.4, 0.5) is 0 Å². The van der Waals surface area contributed by atoms with Gasteiger partial charge in [-0.3, -0.25) is 9.78 Å². The summed E-state index contributed by atoms with van der Waals surface area (Å²) in [7, 11) is 0. The summed E-state index contributed by atoms with van der Waals surface area (Å²) < 4.78 is 5.13. The van der Waals surface area contributed by atoms with E-state index in [1.165, 1.54) is 0 Å². The van der Waals surface area contributed by atoms with Crippen molar-refractivity contribution in [3.63, 3.8) is 0 Å². The maximum Gasteiger partial charge on any atom is 0.340 e. The zero-order valence-electron chi connectivity index (χ0n) is 12.1. The Morgan fingerprint density at radius 2 is 2.14 bits per heavy atom. The van der Waals surface area contributed by atoms with E-state index in [1.807, 2.05) is 0 Å². The molecule has 0 spiro atoms. The van der Waals surface area contributed by atoms with Crippen LogP contribution in [0.5, 0.6) is 0 Å². The molecule has 2 heterocycles. The molecule has 2 aromatic heterocycles. The third-order valence-electron chi connectivity index (χ3n) is 2.70. The van der Waals surface area contributed by atoms with E-state index < -0.39 is 11.7 Å². The summed E-state index contributed by atoms with van der Waals surface area (Å²) in [5.41, 5.74) is -0.443. The van der Waals surface area contributed by atoms with Crippen molar-refractivity contribution in [1.82, 2.24) is 30.6 Å². The van der Waals surface area contributed by atoms with E-state index >= 15 is 0 Å². The second-order valence-corrected chi connectivity index (χ2v) is 5.24. The minimum atomic E-state index is -0.443. The van der Waals surface area contributed by atoms with Crippen molar-refractivity contribution < 1.29 is 9.32 Å². The average molecular weight is 294 g/mol. The van der Waals surface area contributed by atoms with Gasteiger partial charge in [-0.1, -0.05) is 19.0 Å². The molecule has 0 aromatic carbocycles. The minimum absolute atomic E-state index is 0.0317. The van der Waals surface area contributed by atoms with E-state index in [0.29, 0.717) is 17.6 Å². The van der Waals surface area contributed by atoms with Crippen LogP contribution in [0.15, 0.2) is 9.32 Å². The lowest BCUT2D eigenvalue weighted by Crippen LogP contribution is -2.28. The van der Waals surface area contributed by atoms with Gasteiger partial charge in [0.1, 0.15) is 11.9 Å². The molecule has 1 amide bonds. The Kier molecular flexibility index (Phi) is 4.51. The summed E-state index contributed by atoms with van der Waals surface area (Å²) in [4.78, 5) is 29.3. The first-order valence-corrected chi connectivity index (χ1v) is 6.69. The number of amides is 1. The predicted octanol–water partition coefficient (Wildman–Crippen LogP) is 0.0994. The number of carbonyl (C=O) groups excluding carboxylic acids is 1. The molecule has 3 N–H and O–H groups in total. The van der Waals surface area contributed by atoms with Gasteiger partial charge in [-0.05, 0) is 12.8 Å². The maximum absolute atomic E-state index is 11.8. The molecule has 0 unspecified atom stereocenters. The van der Waals surface area contributed by atoms with E-state index in [2.05, 4.69) is 44.5 Å². The lowest BCUT2D eigenvalue weighted by atomic mass is 10.1. The topological polar surface area (TPSA) is 130 Å². The van der Waals surface area contributed by atoms with Crippen molar-refractivity contribution in [2.75, 3.05) is 0 Å². The fourth-order valence-corrected chi connectivity index (χ4v) is 1.79. The van der Waals surface area contributed by atoms with Crippen LogP contribution in [0.25, 0.3) is 0 Å². The molecule has 0 aliphatic carbocycles. The molecule has 114 valence electrons. The molecular formula is C12H18N6O3. The lowest BCUT2D eigenvalue weighted by Gasteiger charge is -2.08. The van der Waals surface area contributed by atoms with Gasteiger partial charge >= 0.3 is 5.69 Å². The first-order valence-electron chi connectivity index (χ1n) is 6.69. The zero-order chi connectivity index (χ0) is 15.4. The smallest absolute Gasteiger partial charge is 0.340 e. The van der Waals surface area contributed by atoms with Gasteiger partial charge in [0.15, 0.2) is 5.82 Å². The van der Waals surface area contributed by atoms with Gasteiger partial charge in [0, 0.05) is 6.42 Å². The Balaban J connectivity index is 1.91. The molecule has 0 aliphatic heterocycles. The molecule has 9 nitrogen and oxygen atoms in total. The van der Waals surface area contributed by atoms with E-state index in [0.717, 1.165) is 6.42 Å². The highest BCUT2D eigenvalue weighted by Crippen LogP contribution is 2.11. The third-order valence-corrected chi connectivity index (χ3v) is 2.70. The van der Waals surface area contributed by atoms with Crippen LogP contribution >= 0.6 is 0 Å². The van der Waals surface area contributed by atoms with Gasteiger partial charge < -0.3 is 9.84 Å². The Labute approximate surface area is 120 Å². The first-order chi connectivity index (χ1) is 9.94. The van der Waals surface area contributed by atoms with Crippen LogP contribution in [0.3, 0.4) is 0 Å². The summed E-state index contributed by atoms with van der Waals surface area (Å²) in [6, 6.07) is -0.406. The molecule has 0 bridgehead atoms. The van der Waals surface area contributed by atoms with E-state index in [9.17, 15) is 9.59 Å². The highest BCUT2D eigenvalue weighted by Gasteiger charge is 2.17. The highest BCUT2D eigenvalue weighted by atomic mass is 16.5. The number of nitrogens with one attached hydrogen (secondary N) is 3. The molecule has 9 heteroatoms. The SMILES string of the molecule is CC(C)Cc1noc([C@@H](C)NC(=O)Cc2n[nH]c(=O)[nH]2)n1. The van der Waals surface area contributed by atoms with Crippen LogP contribution in [-0.4, -0.2) is 31.2 Å². The van der Waals surface area contributed by atoms with Crippen molar-refractivity contribution >= 4 is 5.91 Å². The largest absolute Gasteiger partial charge is 0.344 e. The van der Waals surface area contributed by atoms with E-state index in [1.54, 1.807) is 6.92 Å². The van der Waals surface area contributed by atoms with Crippen LogP contribution in [0, 0.1) is 5.92 Å². The number of rotatable bonds is 6. The molecular weight excluding hydrogens is 276 g/mol.